The summed E-state index contributed by atoms with van der Waals surface area (Å²) in [5, 5.41) is 10.9. The van der Waals surface area contributed by atoms with Crippen molar-refractivity contribution in [2.45, 2.75) is 64.5 Å². The number of hydrogen-bond acceptors (Lipinski definition) is 7. The van der Waals surface area contributed by atoms with E-state index in [1.54, 1.807) is 0 Å². The van der Waals surface area contributed by atoms with Crippen molar-refractivity contribution < 1.29 is 88.9 Å². The summed E-state index contributed by atoms with van der Waals surface area (Å²) in [6.45, 7) is 3.53. The number of ether oxygens (including phenoxy) is 1. The number of unbranched alkanes of at least 4 members (excludes halogenated alkanes) is 4. The minimum atomic E-state index is 0. The van der Waals surface area contributed by atoms with Crippen LogP contribution in [0.3, 0.4) is 0 Å². The summed E-state index contributed by atoms with van der Waals surface area (Å²) in [6, 6.07) is 31.2. The third-order valence-corrected chi connectivity index (χ3v) is 11.6. The molecule has 0 aliphatic heterocycles. The molecule has 63 heavy (non-hydrogen) atoms. The third kappa shape index (κ3) is 14.3. The number of nitrogens with zero attached hydrogens (tertiary/aromatic N) is 6. The number of pyridine rings is 2. The molecule has 2 N–H and O–H groups in total. The van der Waals surface area contributed by atoms with Crippen molar-refractivity contribution >= 4 is 78.2 Å². The van der Waals surface area contributed by atoms with Crippen LogP contribution in [0.5, 0.6) is 0 Å². The zero-order valence-corrected chi connectivity index (χ0v) is 44.7. The van der Waals surface area contributed by atoms with E-state index in [2.05, 4.69) is 181 Å². The topological polar surface area (TPSA) is 88.1 Å². The van der Waals surface area contributed by atoms with E-state index in [0.717, 1.165) is 51.6 Å². The van der Waals surface area contributed by atoms with E-state index >= 15 is 0 Å². The maximum absolute atomic E-state index is 12.6. The van der Waals surface area contributed by atoms with Gasteiger partial charge in [-0.25, -0.2) is 0 Å². The summed E-state index contributed by atoms with van der Waals surface area (Å²) in [5.74, 6) is 0.102. The molecule has 11 nitrogen and oxygen atoms in total. The van der Waals surface area contributed by atoms with Gasteiger partial charge in [-0.3, -0.25) is 9.59 Å². The molecule has 2 aromatic heterocycles. The number of fused-ring (bicyclic) bond motifs is 4. The van der Waals surface area contributed by atoms with Crippen LogP contribution in [-0.2, 0) is 92.8 Å². The Labute approximate surface area is 425 Å². The van der Waals surface area contributed by atoms with Crippen LogP contribution in [0.4, 0.5) is 22.7 Å². The van der Waals surface area contributed by atoms with Crippen molar-refractivity contribution in [2.75, 3.05) is 102 Å². The second-order valence-electron chi connectivity index (χ2n) is 17.1. The SMILES string of the molecule is CN(C)c1ccc2cc3ccc(N(C)C)cc3[n+](CCCCCC(=O)NCCOCCNC(=O)CCCCC[n+]3c4cc(N(C)C)ccc4cc4ccc(N(C)C)cc43)c2c1.[Y].[Y]. The molecule has 0 saturated heterocycles. The zero-order valence-electron chi connectivity index (χ0n) is 39.0. The zero-order chi connectivity index (χ0) is 43.5. The smallest absolute Gasteiger partial charge is 0.220 e. The number of amides is 2. The van der Waals surface area contributed by atoms with Crippen LogP contribution in [0, 0.1) is 0 Å². The standard InChI is InChI=1S/C50H66N8O3.2Y/c1-53(2)41-21-17-37-31-38-18-22-42(54(3)4)34-46(38)57(45(37)33-41)27-13-9-11-15-49(59)51-25-29-61-30-26-52-50(60)16-12-10-14-28-58-47-35-43(55(5)6)23-19-39(47)32-40-20-24-44(56(7)8)36-48(40)58;;/h17-24,31-36H,9-16,25-30H2,1-8H3;;/p+2. The number of hydrogen-bond donors (Lipinski definition) is 2. The van der Waals surface area contributed by atoms with Crippen LogP contribution in [0.2, 0.25) is 0 Å². The molecule has 0 bridgehead atoms. The number of aromatic nitrogens is 2. The number of benzene rings is 4. The van der Waals surface area contributed by atoms with E-state index in [9.17, 15) is 9.59 Å². The van der Waals surface area contributed by atoms with Gasteiger partial charge < -0.3 is 35.0 Å². The molecule has 330 valence electrons. The van der Waals surface area contributed by atoms with E-state index in [0.29, 0.717) is 39.1 Å². The fourth-order valence-corrected chi connectivity index (χ4v) is 8.01. The second-order valence-corrected chi connectivity index (χ2v) is 17.1. The number of carbonyl (C=O) groups excluding carboxylic acids is 2. The number of anilines is 4. The molecule has 0 unspecified atom stereocenters. The first-order valence-electron chi connectivity index (χ1n) is 22.0. The molecule has 6 aromatic rings. The van der Waals surface area contributed by atoms with Crippen molar-refractivity contribution in [3.63, 3.8) is 0 Å². The minimum Gasteiger partial charge on any atom is -0.378 e. The van der Waals surface area contributed by atoms with E-state index in [1.165, 1.54) is 66.4 Å². The summed E-state index contributed by atoms with van der Waals surface area (Å²) in [4.78, 5) is 33.7. The Hall–Kier alpha value is -3.47. The molecule has 0 atom stereocenters. The van der Waals surface area contributed by atoms with Crippen LogP contribution >= 0.6 is 0 Å². The Kier molecular flexibility index (Phi) is 20.9. The molecular formula is C50H68N8O3Y2+2. The van der Waals surface area contributed by atoms with Crippen molar-refractivity contribution in [2.24, 2.45) is 0 Å². The van der Waals surface area contributed by atoms with E-state index in [-0.39, 0.29) is 77.2 Å². The quantitative estimate of drug-likeness (QED) is 0.0423. The van der Waals surface area contributed by atoms with Gasteiger partial charge in [0.05, 0.1) is 13.2 Å². The van der Waals surface area contributed by atoms with Crippen LogP contribution in [0.15, 0.2) is 84.9 Å². The van der Waals surface area contributed by atoms with Crippen LogP contribution in [0.25, 0.3) is 43.6 Å². The van der Waals surface area contributed by atoms with Gasteiger partial charge >= 0.3 is 0 Å². The molecule has 2 amide bonds. The van der Waals surface area contributed by atoms with Gasteiger partial charge in [0.15, 0.2) is 0 Å². The molecular weight excluding hydrogens is 938 g/mol. The van der Waals surface area contributed by atoms with Crippen LogP contribution in [0.1, 0.15) is 51.4 Å². The largest absolute Gasteiger partial charge is 0.378 e. The van der Waals surface area contributed by atoms with Crippen molar-refractivity contribution in [1.82, 2.24) is 10.6 Å². The predicted octanol–water partition coefficient (Wildman–Crippen LogP) is 7.20. The Balaban J connectivity index is 0.00000436. The molecule has 2 heterocycles. The van der Waals surface area contributed by atoms with E-state index < -0.39 is 0 Å². The summed E-state index contributed by atoms with van der Waals surface area (Å²) in [7, 11) is 16.6. The first kappa shape index (κ1) is 52.2. The number of carbonyl (C=O) groups is 2. The van der Waals surface area contributed by atoms with Crippen molar-refractivity contribution in [1.29, 1.82) is 0 Å². The van der Waals surface area contributed by atoms with Crippen molar-refractivity contribution in [3.05, 3.63) is 84.9 Å². The molecule has 0 fully saturated rings. The maximum atomic E-state index is 12.6. The summed E-state index contributed by atoms with van der Waals surface area (Å²) in [5.41, 5.74) is 9.60. The Morgan fingerprint density at radius 1 is 0.444 bits per heavy atom. The summed E-state index contributed by atoms with van der Waals surface area (Å²) < 4.78 is 10.6. The van der Waals surface area contributed by atoms with Gasteiger partial charge in [0.2, 0.25) is 33.9 Å². The number of rotatable bonds is 22. The average Bonchev–Trinajstić information content (AvgIpc) is 3.24. The van der Waals surface area contributed by atoms with Crippen molar-refractivity contribution in [3.8, 4) is 0 Å². The fraction of sp³-hybridized carbons (Fsp3) is 0.440. The maximum Gasteiger partial charge on any atom is 0.220 e. The molecule has 0 aliphatic rings. The monoisotopic (exact) mass is 1010 g/mol. The minimum absolute atomic E-state index is 0. The normalized spacial score (nSPS) is 11.0. The average molecular weight is 1010 g/mol. The Morgan fingerprint density at radius 2 is 0.746 bits per heavy atom. The molecule has 6 rings (SSSR count). The molecule has 0 saturated carbocycles. The molecule has 0 spiro atoms. The van der Waals surface area contributed by atoms with E-state index in [1.807, 2.05) is 0 Å². The molecule has 2 radical (unpaired) electrons. The van der Waals surface area contributed by atoms with Crippen LogP contribution < -0.4 is 39.4 Å². The summed E-state index contributed by atoms with van der Waals surface area (Å²) in [6.07, 6.45) is 6.56. The van der Waals surface area contributed by atoms with Gasteiger partial charge in [-0.1, -0.05) is 0 Å². The Bertz CT molecular complexity index is 2160. The fourth-order valence-electron chi connectivity index (χ4n) is 8.01. The van der Waals surface area contributed by atoms with Gasteiger partial charge in [0.25, 0.3) is 0 Å². The summed E-state index contributed by atoms with van der Waals surface area (Å²) >= 11 is 0. The van der Waals surface area contributed by atoms with E-state index in [4.69, 9.17) is 4.74 Å². The molecule has 0 aliphatic carbocycles. The molecule has 4 aromatic carbocycles. The Morgan fingerprint density at radius 3 is 1.03 bits per heavy atom. The van der Waals surface area contributed by atoms with Gasteiger partial charge in [0.1, 0.15) is 13.1 Å². The first-order chi connectivity index (χ1) is 29.4. The van der Waals surface area contributed by atoms with Gasteiger partial charge in [0, 0.05) is 229 Å². The molecule has 13 heteroatoms. The predicted molar refractivity (Wildman–Crippen MR) is 254 cm³/mol. The second kappa shape index (κ2) is 25.3. The van der Waals surface area contributed by atoms with Gasteiger partial charge in [-0.05, 0) is 86.3 Å². The van der Waals surface area contributed by atoms with Gasteiger partial charge in [-0.2, -0.15) is 9.13 Å². The first-order valence-corrected chi connectivity index (χ1v) is 22.0. The van der Waals surface area contributed by atoms with Gasteiger partial charge in [-0.15, -0.1) is 0 Å². The number of aryl methyl sites for hydroxylation is 2. The third-order valence-electron chi connectivity index (χ3n) is 11.6. The number of nitrogens with one attached hydrogen (secondary N) is 2. The van der Waals surface area contributed by atoms with Crippen LogP contribution in [-0.4, -0.2) is 94.5 Å².